The summed E-state index contributed by atoms with van der Waals surface area (Å²) in [6.07, 6.45) is 1.68. The zero-order valence-electron chi connectivity index (χ0n) is 19.7. The van der Waals surface area contributed by atoms with E-state index in [0.717, 1.165) is 18.6 Å². The van der Waals surface area contributed by atoms with Crippen LogP contribution in [-0.4, -0.2) is 63.2 Å². The summed E-state index contributed by atoms with van der Waals surface area (Å²) in [7, 11) is 3.46. The van der Waals surface area contributed by atoms with Crippen LogP contribution in [0.15, 0.2) is 22.2 Å². The molecule has 0 radical (unpaired) electrons. The van der Waals surface area contributed by atoms with Crippen LogP contribution in [0.1, 0.15) is 59.5 Å². The molecule has 3 aliphatic rings. The molecule has 0 saturated heterocycles. The third-order valence-corrected chi connectivity index (χ3v) is 7.45. The highest BCUT2D eigenvalue weighted by atomic mass is 19.1. The number of benzene rings is 1. The number of carbonyl (C=O) groups is 2. The molecular weight excluding hydrogens is 459 g/mol. The first-order chi connectivity index (χ1) is 16.6. The van der Waals surface area contributed by atoms with Gasteiger partial charge in [0.15, 0.2) is 11.4 Å². The van der Waals surface area contributed by atoms with Crippen molar-refractivity contribution in [1.29, 1.82) is 0 Å². The lowest BCUT2D eigenvalue weighted by molar-refractivity contribution is -0.142. The molecule has 1 heterocycles. The average Bonchev–Trinajstić information content (AvgIpc) is 3.22. The van der Waals surface area contributed by atoms with Gasteiger partial charge in [0.2, 0.25) is 11.6 Å². The van der Waals surface area contributed by atoms with Crippen molar-refractivity contribution >= 4 is 17.3 Å². The molecule has 4 atom stereocenters. The maximum Gasteiger partial charge on any atom is 0.265 e. The highest BCUT2D eigenvalue weighted by Crippen LogP contribution is 2.56. The minimum atomic E-state index is -2.52. The Bertz CT molecular complexity index is 1270. The van der Waals surface area contributed by atoms with Crippen LogP contribution in [0.4, 0.5) is 4.39 Å². The molecule has 0 unspecified atom stereocenters. The van der Waals surface area contributed by atoms with Crippen LogP contribution in [0.3, 0.4) is 0 Å². The van der Waals surface area contributed by atoms with Gasteiger partial charge in [-0.1, -0.05) is 13.3 Å². The molecule has 35 heavy (non-hydrogen) atoms. The number of hydrogen-bond donors (Lipinski definition) is 3. The van der Waals surface area contributed by atoms with E-state index in [2.05, 4.69) is 5.16 Å². The number of phenolic OH excluding ortho intramolecular Hbond substituents is 1. The number of aliphatic hydroxyl groups is 2. The molecule has 0 amide bonds. The molecule has 0 spiro atoms. The van der Waals surface area contributed by atoms with Crippen molar-refractivity contribution in [3.63, 3.8) is 0 Å². The highest BCUT2D eigenvalue weighted by Gasteiger charge is 2.65. The number of carbonyl (C=O) groups excluding carboxylic acids is 2. The number of ketones is 2. The number of aromatic nitrogens is 1. The Hall–Kier alpha value is -3.24. The van der Waals surface area contributed by atoms with E-state index >= 15 is 0 Å². The number of nitrogens with zero attached hydrogens (tertiary/aromatic N) is 2. The van der Waals surface area contributed by atoms with E-state index < -0.39 is 46.6 Å². The van der Waals surface area contributed by atoms with Crippen molar-refractivity contribution in [1.82, 2.24) is 10.1 Å². The van der Waals surface area contributed by atoms with E-state index in [1.807, 2.05) is 6.92 Å². The Morgan fingerprint density at radius 1 is 1.23 bits per heavy atom. The Morgan fingerprint density at radius 3 is 2.66 bits per heavy atom. The fourth-order valence-corrected chi connectivity index (χ4v) is 5.80. The summed E-state index contributed by atoms with van der Waals surface area (Å²) in [5, 5.41) is 37.0. The number of Topliss-reactive ketones (excluding diaryl/α,β-unsaturated/α-hetero) is 2. The van der Waals surface area contributed by atoms with Gasteiger partial charge in [-0.05, 0) is 56.6 Å². The first-order valence-corrected chi connectivity index (χ1v) is 11.7. The van der Waals surface area contributed by atoms with Crippen LogP contribution in [0, 0.1) is 17.7 Å². The molecule has 1 aromatic heterocycles. The van der Waals surface area contributed by atoms with Crippen molar-refractivity contribution in [2.45, 2.75) is 44.2 Å². The number of aromatic hydroxyl groups is 1. The number of hydrogen-bond acceptors (Lipinski definition) is 9. The molecule has 1 saturated carbocycles. The Labute approximate surface area is 200 Å². The molecule has 1 aromatic carbocycles. The molecule has 10 heteroatoms. The molecule has 5 rings (SSSR count). The number of aliphatic hydroxyl groups excluding tert-OH is 1. The molecule has 9 nitrogen and oxygen atoms in total. The highest BCUT2D eigenvalue weighted by molar-refractivity contribution is 6.26. The van der Waals surface area contributed by atoms with E-state index in [1.165, 1.54) is 0 Å². The fourth-order valence-electron chi connectivity index (χ4n) is 5.80. The molecule has 186 valence electrons. The minimum Gasteiger partial charge on any atom is -0.507 e. The second kappa shape index (κ2) is 8.17. The largest absolute Gasteiger partial charge is 0.507 e. The number of unbranched alkanes of at least 4 members (excludes halogenated alkanes) is 1. The summed E-state index contributed by atoms with van der Waals surface area (Å²) >= 11 is 0. The second-order valence-electron chi connectivity index (χ2n) is 9.69. The molecular formula is C25H27FN2O7. The van der Waals surface area contributed by atoms with Crippen LogP contribution in [-0.2, 0) is 11.2 Å². The van der Waals surface area contributed by atoms with Gasteiger partial charge in [0, 0.05) is 17.1 Å². The van der Waals surface area contributed by atoms with Gasteiger partial charge in [0.25, 0.3) is 5.88 Å². The molecule has 3 N–H and O–H groups in total. The number of halogens is 1. The maximum atomic E-state index is 14.6. The molecule has 1 fully saturated rings. The van der Waals surface area contributed by atoms with Gasteiger partial charge in [-0.2, -0.15) is 0 Å². The monoisotopic (exact) mass is 486 g/mol. The summed E-state index contributed by atoms with van der Waals surface area (Å²) in [5.74, 6) is -4.98. The molecule has 2 aromatic rings. The Balaban J connectivity index is 1.67. The number of fused-ring (bicyclic) bond motifs is 4. The quantitative estimate of drug-likeness (QED) is 0.431. The Kier molecular flexibility index (Phi) is 5.48. The molecule has 0 aliphatic heterocycles. The van der Waals surface area contributed by atoms with Crippen molar-refractivity contribution in [2.75, 3.05) is 20.7 Å². The van der Waals surface area contributed by atoms with Crippen LogP contribution in [0.25, 0.3) is 5.76 Å². The average molecular weight is 486 g/mol. The summed E-state index contributed by atoms with van der Waals surface area (Å²) in [4.78, 5) is 29.3. The van der Waals surface area contributed by atoms with E-state index in [1.54, 1.807) is 19.0 Å². The predicted molar refractivity (Wildman–Crippen MR) is 121 cm³/mol. The van der Waals surface area contributed by atoms with Gasteiger partial charge < -0.3 is 24.6 Å². The standard InChI is InChI=1S/C25H27FN2O7/c1-4-5-8-34-24-18-21(35-27-24)19(28(2)3)13-10-11-9-12-14(26)6-7-15(29)17(12)20(30)16(11)22(31)25(13,33)23(18)32/h6-7,11,13,19,29-30,33H,4-5,8-10H2,1-3H3/t11-,13-,19-,25-/m0/s1. The lowest BCUT2D eigenvalue weighted by atomic mass is 9.57. The van der Waals surface area contributed by atoms with Crippen LogP contribution < -0.4 is 4.74 Å². The van der Waals surface area contributed by atoms with Gasteiger partial charge in [0.05, 0.1) is 18.2 Å². The number of ether oxygens (including phenoxy) is 1. The van der Waals surface area contributed by atoms with Crippen molar-refractivity contribution in [3.05, 3.63) is 46.0 Å². The van der Waals surface area contributed by atoms with E-state index in [4.69, 9.17) is 9.26 Å². The van der Waals surface area contributed by atoms with E-state index in [-0.39, 0.29) is 59.1 Å². The minimum absolute atomic E-state index is 0.0241. The first kappa shape index (κ1) is 23.5. The topological polar surface area (TPSA) is 133 Å². The lowest BCUT2D eigenvalue weighted by Gasteiger charge is -2.49. The fraction of sp³-hybridized carbons (Fsp3) is 0.480. The maximum absolute atomic E-state index is 14.6. The van der Waals surface area contributed by atoms with Crippen molar-refractivity contribution in [3.8, 4) is 11.6 Å². The van der Waals surface area contributed by atoms with Crippen LogP contribution in [0.2, 0.25) is 0 Å². The van der Waals surface area contributed by atoms with Gasteiger partial charge in [-0.15, -0.1) is 0 Å². The predicted octanol–water partition coefficient (Wildman–Crippen LogP) is 2.96. The zero-order valence-corrected chi connectivity index (χ0v) is 19.7. The molecule has 0 bridgehead atoms. The normalized spacial score (nSPS) is 27.4. The third kappa shape index (κ3) is 3.16. The summed E-state index contributed by atoms with van der Waals surface area (Å²) < 4.78 is 25.8. The smallest absolute Gasteiger partial charge is 0.265 e. The number of phenols is 1. The zero-order chi connectivity index (χ0) is 25.2. The number of rotatable bonds is 5. The van der Waals surface area contributed by atoms with Gasteiger partial charge >= 0.3 is 0 Å². The van der Waals surface area contributed by atoms with Crippen molar-refractivity contribution < 1.29 is 38.6 Å². The SMILES string of the molecule is CCCCOc1noc2c1C(=O)[C@@]1(O)C(=O)C3=C(O)c4c(O)ccc(F)c4C[C@H]3C[C@H]1[C@@H]2N(C)C. The summed E-state index contributed by atoms with van der Waals surface area (Å²) in [6, 6.07) is 1.49. The van der Waals surface area contributed by atoms with E-state index in [0.29, 0.717) is 6.42 Å². The van der Waals surface area contributed by atoms with Gasteiger partial charge in [0.1, 0.15) is 22.9 Å². The first-order valence-electron chi connectivity index (χ1n) is 11.7. The van der Waals surface area contributed by atoms with Crippen molar-refractivity contribution in [2.24, 2.45) is 11.8 Å². The second-order valence-corrected chi connectivity index (χ2v) is 9.69. The lowest BCUT2D eigenvalue weighted by Crippen LogP contribution is -2.63. The van der Waals surface area contributed by atoms with Gasteiger partial charge in [-0.3, -0.25) is 14.5 Å². The van der Waals surface area contributed by atoms with Crippen LogP contribution >= 0.6 is 0 Å². The Morgan fingerprint density at radius 2 is 1.97 bits per heavy atom. The molecule has 3 aliphatic carbocycles. The van der Waals surface area contributed by atoms with E-state index in [9.17, 15) is 29.3 Å². The summed E-state index contributed by atoms with van der Waals surface area (Å²) in [5.41, 5.74) is -2.89. The summed E-state index contributed by atoms with van der Waals surface area (Å²) in [6.45, 7) is 2.26. The van der Waals surface area contributed by atoms with Crippen LogP contribution in [0.5, 0.6) is 11.6 Å². The van der Waals surface area contributed by atoms with Gasteiger partial charge in [-0.25, -0.2) is 4.39 Å². The third-order valence-electron chi connectivity index (χ3n) is 7.45.